The number of anilines is 1. The number of nitrogens with zero attached hydrogens (tertiary/aromatic N) is 2. The summed E-state index contributed by atoms with van der Waals surface area (Å²) >= 11 is 0. The Balaban J connectivity index is 1.33. The molecule has 0 spiro atoms. The van der Waals surface area contributed by atoms with Crippen molar-refractivity contribution in [3.63, 3.8) is 0 Å². The minimum atomic E-state index is -0.0866. The Kier molecular flexibility index (Phi) is 5.25. The van der Waals surface area contributed by atoms with Gasteiger partial charge in [-0.1, -0.05) is 0 Å². The van der Waals surface area contributed by atoms with Crippen LogP contribution in [0.4, 0.5) is 5.69 Å². The molecule has 2 fully saturated rings. The first-order valence-corrected chi connectivity index (χ1v) is 12.5. The molecule has 4 heterocycles. The molecule has 2 aromatic rings. The average molecular weight is 461 g/mol. The monoisotopic (exact) mass is 460 g/mol. The summed E-state index contributed by atoms with van der Waals surface area (Å²) in [6.45, 7) is 6.13. The minimum absolute atomic E-state index is 0.0866. The lowest BCUT2D eigenvalue weighted by atomic mass is 9.99. The fraction of sp³-hybridized carbons (Fsp3) is 0.481. The first kappa shape index (κ1) is 21.5. The minimum Gasteiger partial charge on any atom is -0.497 e. The van der Waals surface area contributed by atoms with Crippen LogP contribution in [0.5, 0.6) is 5.75 Å². The van der Waals surface area contributed by atoms with Gasteiger partial charge in [-0.25, -0.2) is 0 Å². The molecule has 0 radical (unpaired) electrons. The number of aryl methyl sites for hydroxylation is 1. The molecule has 2 saturated heterocycles. The maximum Gasteiger partial charge on any atom is 0.256 e. The number of nitrogens with one attached hydrogen (secondary N) is 2. The molecular weight excluding hydrogens is 428 g/mol. The van der Waals surface area contributed by atoms with Crippen molar-refractivity contribution in [3.05, 3.63) is 46.3 Å². The molecule has 0 unspecified atom stereocenters. The van der Waals surface area contributed by atoms with Gasteiger partial charge in [-0.3, -0.25) is 9.59 Å². The Labute approximate surface area is 200 Å². The molecule has 1 aliphatic carbocycles. The van der Waals surface area contributed by atoms with E-state index in [0.717, 1.165) is 97.0 Å². The zero-order valence-corrected chi connectivity index (χ0v) is 20.0. The quantitative estimate of drug-likeness (QED) is 0.680. The topological polar surface area (TPSA) is 77.7 Å². The number of carbonyl (C=O) groups is 2. The summed E-state index contributed by atoms with van der Waals surface area (Å²) in [5.41, 5.74) is 7.18. The number of rotatable bonds is 4. The number of allylic oxidation sites excluding steroid dienone is 1. The lowest BCUT2D eigenvalue weighted by molar-refractivity contribution is -0.110. The summed E-state index contributed by atoms with van der Waals surface area (Å²) in [6, 6.07) is 6.00. The Morgan fingerprint density at radius 2 is 1.97 bits per heavy atom. The lowest BCUT2D eigenvalue weighted by Gasteiger charge is -2.29. The molecule has 34 heavy (non-hydrogen) atoms. The number of aromatic nitrogens is 1. The zero-order valence-electron chi connectivity index (χ0n) is 20.0. The maximum absolute atomic E-state index is 13.8. The van der Waals surface area contributed by atoms with Crippen molar-refractivity contribution in [3.8, 4) is 5.75 Å². The summed E-state index contributed by atoms with van der Waals surface area (Å²) in [5.74, 6) is 0.788. The van der Waals surface area contributed by atoms with Crippen LogP contribution >= 0.6 is 0 Å². The number of hydrogen-bond acceptors (Lipinski definition) is 4. The largest absolute Gasteiger partial charge is 0.497 e. The van der Waals surface area contributed by atoms with Gasteiger partial charge in [0.05, 0.1) is 23.9 Å². The van der Waals surface area contributed by atoms with E-state index in [1.54, 1.807) is 7.11 Å². The van der Waals surface area contributed by atoms with Crippen LogP contribution in [-0.4, -0.2) is 65.9 Å². The third kappa shape index (κ3) is 3.36. The lowest BCUT2D eigenvalue weighted by Crippen LogP contribution is -2.42. The SMILES string of the molecule is COc1ccc2c(c1)NC(=O)/C2=C1/CCc2c1[nH]c(C)c2C(=O)N1CCC[C@H]1CN1CCCC1. The highest BCUT2D eigenvalue weighted by Gasteiger charge is 2.38. The second-order valence-electron chi connectivity index (χ2n) is 10.0. The molecule has 2 amide bonds. The van der Waals surface area contributed by atoms with Crippen LogP contribution in [0.15, 0.2) is 18.2 Å². The fourth-order valence-electron chi connectivity index (χ4n) is 6.38. The van der Waals surface area contributed by atoms with Crippen molar-refractivity contribution >= 4 is 28.6 Å². The first-order chi connectivity index (χ1) is 16.5. The molecule has 3 aliphatic heterocycles. The van der Waals surface area contributed by atoms with E-state index in [1.165, 1.54) is 12.8 Å². The van der Waals surface area contributed by atoms with Gasteiger partial charge in [0.1, 0.15) is 5.75 Å². The van der Waals surface area contributed by atoms with E-state index >= 15 is 0 Å². The van der Waals surface area contributed by atoms with E-state index in [9.17, 15) is 9.59 Å². The highest BCUT2D eigenvalue weighted by Crippen LogP contribution is 2.45. The molecule has 1 atom stereocenters. The average Bonchev–Trinajstić information content (AvgIpc) is 3.63. The van der Waals surface area contributed by atoms with Gasteiger partial charge in [0.2, 0.25) is 0 Å². The van der Waals surface area contributed by atoms with E-state index in [4.69, 9.17) is 4.74 Å². The normalized spacial score (nSPS) is 24.0. The number of methoxy groups -OCH3 is 1. The van der Waals surface area contributed by atoms with Crippen LogP contribution in [0.2, 0.25) is 0 Å². The highest BCUT2D eigenvalue weighted by molar-refractivity contribution is 6.37. The molecule has 0 saturated carbocycles. The second kappa shape index (κ2) is 8.31. The number of fused-ring (bicyclic) bond motifs is 2. The predicted molar refractivity (Wildman–Crippen MR) is 132 cm³/mol. The zero-order chi connectivity index (χ0) is 23.4. The van der Waals surface area contributed by atoms with Crippen LogP contribution < -0.4 is 10.1 Å². The molecular formula is C27H32N4O3. The van der Waals surface area contributed by atoms with Crippen LogP contribution in [0.3, 0.4) is 0 Å². The smallest absolute Gasteiger partial charge is 0.256 e. The van der Waals surface area contributed by atoms with E-state index in [-0.39, 0.29) is 11.8 Å². The van der Waals surface area contributed by atoms with E-state index in [2.05, 4.69) is 20.1 Å². The van der Waals surface area contributed by atoms with Crippen molar-refractivity contribution in [2.45, 2.75) is 51.5 Å². The van der Waals surface area contributed by atoms with Crippen molar-refractivity contribution < 1.29 is 14.3 Å². The van der Waals surface area contributed by atoms with Crippen LogP contribution in [-0.2, 0) is 11.2 Å². The Bertz CT molecular complexity index is 1200. The summed E-state index contributed by atoms with van der Waals surface area (Å²) in [7, 11) is 1.62. The third-order valence-corrected chi connectivity index (χ3v) is 8.01. The summed E-state index contributed by atoms with van der Waals surface area (Å²) in [5, 5.41) is 2.99. The van der Waals surface area contributed by atoms with Crippen LogP contribution in [0, 0.1) is 6.92 Å². The van der Waals surface area contributed by atoms with Gasteiger partial charge in [-0.2, -0.15) is 0 Å². The third-order valence-electron chi connectivity index (χ3n) is 8.01. The first-order valence-electron chi connectivity index (χ1n) is 12.5. The molecule has 7 nitrogen and oxygen atoms in total. The standard InChI is InChI=1S/C27H32N4O3/c1-16-23(27(33)31-13-5-6-17(31)15-30-11-3-4-12-30)20-9-10-21(25(20)28-16)24-19-8-7-18(34-2)14-22(19)29-26(24)32/h7-8,14,17,28H,3-6,9-13,15H2,1-2H3,(H,29,32)/b24-21-/t17-/m0/s1. The number of carbonyl (C=O) groups excluding carboxylic acids is 2. The molecule has 178 valence electrons. The highest BCUT2D eigenvalue weighted by atomic mass is 16.5. The fourth-order valence-corrected chi connectivity index (χ4v) is 6.38. The van der Waals surface area contributed by atoms with Gasteiger partial charge in [0, 0.05) is 42.1 Å². The van der Waals surface area contributed by atoms with Crippen molar-refractivity contribution in [1.82, 2.24) is 14.8 Å². The van der Waals surface area contributed by atoms with Gasteiger partial charge >= 0.3 is 0 Å². The van der Waals surface area contributed by atoms with Crippen LogP contribution in [0.1, 0.15) is 65.0 Å². The van der Waals surface area contributed by atoms with E-state index in [0.29, 0.717) is 11.6 Å². The van der Waals surface area contributed by atoms with Gasteiger partial charge < -0.3 is 24.8 Å². The molecule has 1 aromatic heterocycles. The maximum atomic E-state index is 13.8. The number of likely N-dealkylation sites (tertiary alicyclic amines) is 2. The summed E-state index contributed by atoms with van der Waals surface area (Å²) in [6.07, 6.45) is 6.24. The Hall–Kier alpha value is -3.06. The summed E-state index contributed by atoms with van der Waals surface area (Å²) in [4.78, 5) is 34.9. The van der Waals surface area contributed by atoms with Gasteiger partial charge in [-0.05, 0) is 81.8 Å². The van der Waals surface area contributed by atoms with Crippen LogP contribution in [0.25, 0.3) is 11.1 Å². The number of amides is 2. The molecule has 2 N–H and O–H groups in total. The van der Waals surface area contributed by atoms with Crippen molar-refractivity contribution in [2.24, 2.45) is 0 Å². The number of aromatic amines is 1. The van der Waals surface area contributed by atoms with Crippen molar-refractivity contribution in [1.29, 1.82) is 0 Å². The molecule has 0 bridgehead atoms. The number of benzene rings is 1. The Morgan fingerprint density at radius 3 is 2.76 bits per heavy atom. The van der Waals surface area contributed by atoms with Gasteiger partial charge in [0.25, 0.3) is 11.8 Å². The molecule has 7 heteroatoms. The van der Waals surface area contributed by atoms with E-state index < -0.39 is 0 Å². The predicted octanol–water partition coefficient (Wildman–Crippen LogP) is 3.84. The number of ether oxygens (including phenoxy) is 1. The van der Waals surface area contributed by atoms with E-state index in [1.807, 2.05) is 25.1 Å². The number of H-pyrrole nitrogens is 1. The molecule has 1 aromatic carbocycles. The Morgan fingerprint density at radius 1 is 1.15 bits per heavy atom. The summed E-state index contributed by atoms with van der Waals surface area (Å²) < 4.78 is 5.32. The van der Waals surface area contributed by atoms with Crippen molar-refractivity contribution in [2.75, 3.05) is 38.6 Å². The van der Waals surface area contributed by atoms with Gasteiger partial charge in [-0.15, -0.1) is 0 Å². The van der Waals surface area contributed by atoms with Gasteiger partial charge in [0.15, 0.2) is 0 Å². The second-order valence-corrected chi connectivity index (χ2v) is 10.0. The number of hydrogen-bond donors (Lipinski definition) is 2. The molecule has 6 rings (SSSR count). The molecule has 4 aliphatic rings.